The third kappa shape index (κ3) is 2.96. The van der Waals surface area contributed by atoms with Crippen molar-refractivity contribution in [2.24, 2.45) is 5.73 Å². The molecule has 0 aliphatic heterocycles. The topological polar surface area (TPSA) is 64.9 Å². The number of rotatable bonds is 5. The summed E-state index contributed by atoms with van der Waals surface area (Å²) in [4.78, 5) is 4.36. The number of hydrogen-bond donors (Lipinski definition) is 1. The Morgan fingerprint density at radius 2 is 1.94 bits per heavy atom. The Bertz CT molecular complexity index is 488. The first-order valence-corrected chi connectivity index (χ1v) is 6.33. The van der Waals surface area contributed by atoms with Crippen LogP contribution < -0.4 is 5.73 Å². The van der Waals surface area contributed by atoms with Crippen molar-refractivity contribution < 1.29 is 4.52 Å². The quantitative estimate of drug-likeness (QED) is 0.879. The lowest BCUT2D eigenvalue weighted by atomic mass is 10.0. The number of nitrogens with two attached hydrogens (primary N) is 1. The summed E-state index contributed by atoms with van der Waals surface area (Å²) in [5.41, 5.74) is 7.75. The number of benzene rings is 1. The molecular formula is C14H19N3O. The molecule has 0 aliphatic rings. The molecule has 0 bridgehead atoms. The lowest BCUT2D eigenvalue weighted by Gasteiger charge is -2.04. The zero-order valence-corrected chi connectivity index (χ0v) is 10.9. The molecule has 18 heavy (non-hydrogen) atoms. The summed E-state index contributed by atoms with van der Waals surface area (Å²) in [5.74, 6) is 1.84. The second-order valence-electron chi connectivity index (χ2n) is 4.68. The van der Waals surface area contributed by atoms with E-state index in [1.165, 1.54) is 5.56 Å². The van der Waals surface area contributed by atoms with Gasteiger partial charge in [0.2, 0.25) is 11.7 Å². The Morgan fingerprint density at radius 1 is 1.22 bits per heavy atom. The van der Waals surface area contributed by atoms with E-state index in [9.17, 15) is 0 Å². The van der Waals surface area contributed by atoms with Gasteiger partial charge in [-0.15, -0.1) is 0 Å². The molecule has 0 atom stereocenters. The molecule has 4 heteroatoms. The summed E-state index contributed by atoms with van der Waals surface area (Å²) in [7, 11) is 0. The van der Waals surface area contributed by atoms with E-state index in [1.54, 1.807) is 0 Å². The van der Waals surface area contributed by atoms with Gasteiger partial charge in [-0.1, -0.05) is 43.3 Å². The largest absolute Gasteiger partial charge is 0.339 e. The Labute approximate surface area is 107 Å². The molecule has 1 heterocycles. The highest BCUT2D eigenvalue weighted by Gasteiger charge is 2.08. The van der Waals surface area contributed by atoms with E-state index >= 15 is 0 Å². The smallest absolute Gasteiger partial charge is 0.227 e. The maximum Gasteiger partial charge on any atom is 0.227 e. The van der Waals surface area contributed by atoms with Gasteiger partial charge in [0.15, 0.2) is 0 Å². The first-order chi connectivity index (χ1) is 8.70. The minimum atomic E-state index is 0.532. The van der Waals surface area contributed by atoms with Gasteiger partial charge in [-0.3, -0.25) is 0 Å². The van der Waals surface area contributed by atoms with Crippen LogP contribution in [-0.2, 0) is 6.42 Å². The van der Waals surface area contributed by atoms with Gasteiger partial charge in [-0.25, -0.2) is 0 Å². The summed E-state index contributed by atoms with van der Waals surface area (Å²) in [6, 6.07) is 8.28. The van der Waals surface area contributed by atoms with Gasteiger partial charge >= 0.3 is 0 Å². The molecule has 2 aromatic rings. The van der Waals surface area contributed by atoms with Gasteiger partial charge < -0.3 is 10.3 Å². The predicted molar refractivity (Wildman–Crippen MR) is 71.2 cm³/mol. The van der Waals surface area contributed by atoms with Crippen LogP contribution in [0.15, 0.2) is 28.8 Å². The molecule has 0 spiro atoms. The van der Waals surface area contributed by atoms with Crippen LogP contribution in [0.1, 0.15) is 37.6 Å². The summed E-state index contributed by atoms with van der Waals surface area (Å²) < 4.78 is 5.18. The van der Waals surface area contributed by atoms with E-state index in [0.29, 0.717) is 24.2 Å². The molecule has 0 unspecified atom stereocenters. The zero-order valence-electron chi connectivity index (χ0n) is 10.9. The second kappa shape index (κ2) is 5.78. The molecule has 2 N–H and O–H groups in total. The van der Waals surface area contributed by atoms with Crippen molar-refractivity contribution in [3.8, 4) is 11.4 Å². The molecule has 0 saturated heterocycles. The molecule has 1 aromatic heterocycles. The molecule has 0 aliphatic carbocycles. The molecule has 0 amide bonds. The fourth-order valence-corrected chi connectivity index (χ4v) is 1.74. The molecule has 0 radical (unpaired) electrons. The third-order valence-corrected chi connectivity index (χ3v) is 2.90. The highest BCUT2D eigenvalue weighted by atomic mass is 16.5. The molecule has 2 rings (SSSR count). The van der Waals surface area contributed by atoms with E-state index < -0.39 is 0 Å². The van der Waals surface area contributed by atoms with Crippen molar-refractivity contribution in [1.82, 2.24) is 10.1 Å². The average Bonchev–Trinajstić information content (AvgIpc) is 2.85. The monoisotopic (exact) mass is 245 g/mol. The van der Waals surface area contributed by atoms with Crippen LogP contribution in [0, 0.1) is 0 Å². The molecular weight excluding hydrogens is 226 g/mol. The summed E-state index contributed by atoms with van der Waals surface area (Å²) in [5, 5.41) is 3.99. The number of hydrogen-bond acceptors (Lipinski definition) is 4. The first-order valence-electron chi connectivity index (χ1n) is 6.33. The summed E-state index contributed by atoms with van der Waals surface area (Å²) >= 11 is 0. The summed E-state index contributed by atoms with van der Waals surface area (Å²) in [6.45, 7) is 4.99. The van der Waals surface area contributed by atoms with Crippen LogP contribution in [0.3, 0.4) is 0 Å². The minimum Gasteiger partial charge on any atom is -0.339 e. The lowest BCUT2D eigenvalue weighted by molar-refractivity contribution is 0.376. The first kappa shape index (κ1) is 12.8. The van der Waals surface area contributed by atoms with Crippen LogP contribution in [0.25, 0.3) is 11.4 Å². The van der Waals surface area contributed by atoms with Gasteiger partial charge in [-0.05, 0) is 24.4 Å². The van der Waals surface area contributed by atoms with Crippen molar-refractivity contribution in [2.45, 2.75) is 32.6 Å². The Kier molecular flexibility index (Phi) is 4.10. The zero-order chi connectivity index (χ0) is 13.0. The van der Waals surface area contributed by atoms with Crippen LogP contribution in [0.2, 0.25) is 0 Å². The summed E-state index contributed by atoms with van der Waals surface area (Å²) in [6.07, 6.45) is 1.61. The molecule has 96 valence electrons. The van der Waals surface area contributed by atoms with E-state index in [2.05, 4.69) is 36.1 Å². The van der Waals surface area contributed by atoms with Crippen molar-refractivity contribution in [2.75, 3.05) is 6.54 Å². The van der Waals surface area contributed by atoms with Gasteiger partial charge in [0.25, 0.3) is 0 Å². The van der Waals surface area contributed by atoms with Gasteiger partial charge in [0.1, 0.15) is 0 Å². The maximum absolute atomic E-state index is 5.45. The van der Waals surface area contributed by atoms with Crippen molar-refractivity contribution in [1.29, 1.82) is 0 Å². The lowest BCUT2D eigenvalue weighted by Crippen LogP contribution is -2.00. The van der Waals surface area contributed by atoms with Gasteiger partial charge in [0, 0.05) is 12.0 Å². The number of nitrogens with zero attached hydrogens (tertiary/aromatic N) is 2. The predicted octanol–water partition coefficient (Wildman–Crippen LogP) is 2.75. The Morgan fingerprint density at radius 3 is 2.56 bits per heavy atom. The van der Waals surface area contributed by atoms with Crippen LogP contribution in [0.5, 0.6) is 0 Å². The SMILES string of the molecule is CC(C)c1ccc(-c2noc(CCCN)n2)cc1. The number of aryl methyl sites for hydroxylation is 1. The van der Waals surface area contributed by atoms with Crippen LogP contribution >= 0.6 is 0 Å². The van der Waals surface area contributed by atoms with Gasteiger partial charge in [-0.2, -0.15) is 4.98 Å². The molecule has 0 saturated carbocycles. The number of aromatic nitrogens is 2. The van der Waals surface area contributed by atoms with Gasteiger partial charge in [0.05, 0.1) is 0 Å². The Hall–Kier alpha value is -1.68. The minimum absolute atomic E-state index is 0.532. The van der Waals surface area contributed by atoms with Crippen molar-refractivity contribution >= 4 is 0 Å². The maximum atomic E-state index is 5.45. The van der Waals surface area contributed by atoms with E-state index in [0.717, 1.165) is 18.4 Å². The molecule has 0 fully saturated rings. The normalized spacial score (nSPS) is 11.1. The van der Waals surface area contributed by atoms with Crippen LogP contribution in [0.4, 0.5) is 0 Å². The van der Waals surface area contributed by atoms with E-state index in [1.807, 2.05) is 12.1 Å². The van der Waals surface area contributed by atoms with Crippen molar-refractivity contribution in [3.05, 3.63) is 35.7 Å². The van der Waals surface area contributed by atoms with Crippen LogP contribution in [-0.4, -0.2) is 16.7 Å². The second-order valence-corrected chi connectivity index (χ2v) is 4.68. The van der Waals surface area contributed by atoms with Crippen molar-refractivity contribution in [3.63, 3.8) is 0 Å². The highest BCUT2D eigenvalue weighted by molar-refractivity contribution is 5.54. The third-order valence-electron chi connectivity index (χ3n) is 2.90. The molecule has 4 nitrogen and oxygen atoms in total. The standard InChI is InChI=1S/C14H19N3O/c1-10(2)11-5-7-12(8-6-11)14-16-13(18-17-14)4-3-9-15/h5-8,10H,3-4,9,15H2,1-2H3. The van der Waals surface area contributed by atoms with E-state index in [4.69, 9.17) is 10.3 Å². The molecule has 1 aromatic carbocycles. The highest BCUT2D eigenvalue weighted by Crippen LogP contribution is 2.20. The average molecular weight is 245 g/mol. The fraction of sp³-hybridized carbons (Fsp3) is 0.429. The Balaban J connectivity index is 2.13. The van der Waals surface area contributed by atoms with E-state index in [-0.39, 0.29) is 0 Å². The fourth-order valence-electron chi connectivity index (χ4n) is 1.74.